The quantitative estimate of drug-likeness (QED) is 0.823. The summed E-state index contributed by atoms with van der Waals surface area (Å²) in [5.74, 6) is 1.91. The molecule has 0 radical (unpaired) electrons. The Kier molecular flexibility index (Phi) is 4.15. The summed E-state index contributed by atoms with van der Waals surface area (Å²) >= 11 is 0. The zero-order chi connectivity index (χ0) is 11.4. The summed E-state index contributed by atoms with van der Waals surface area (Å²) in [7, 11) is 1.69. The normalized spacial score (nSPS) is 15.1. The van der Waals surface area contributed by atoms with Crippen molar-refractivity contribution in [3.63, 3.8) is 0 Å². The van der Waals surface area contributed by atoms with Crippen molar-refractivity contribution in [2.45, 2.75) is 26.8 Å². The van der Waals surface area contributed by atoms with Gasteiger partial charge in [-0.3, -0.25) is 0 Å². The van der Waals surface area contributed by atoms with Crippen molar-refractivity contribution >= 4 is 0 Å². The SMILES string of the molecule is COc1ccccc1C(N)C(C)C(C)C. The molecule has 2 atom stereocenters. The van der Waals surface area contributed by atoms with E-state index in [0.717, 1.165) is 11.3 Å². The Morgan fingerprint density at radius 2 is 1.73 bits per heavy atom. The Balaban J connectivity index is 2.94. The van der Waals surface area contributed by atoms with Crippen molar-refractivity contribution in [2.24, 2.45) is 17.6 Å². The van der Waals surface area contributed by atoms with Crippen LogP contribution in [0.15, 0.2) is 24.3 Å². The van der Waals surface area contributed by atoms with E-state index in [2.05, 4.69) is 20.8 Å². The molecule has 2 N–H and O–H groups in total. The van der Waals surface area contributed by atoms with Crippen molar-refractivity contribution in [3.8, 4) is 5.75 Å². The van der Waals surface area contributed by atoms with Gasteiger partial charge in [0.25, 0.3) is 0 Å². The van der Waals surface area contributed by atoms with Crippen LogP contribution in [0.1, 0.15) is 32.4 Å². The van der Waals surface area contributed by atoms with Crippen LogP contribution in [-0.2, 0) is 0 Å². The van der Waals surface area contributed by atoms with E-state index in [0.29, 0.717) is 11.8 Å². The lowest BCUT2D eigenvalue weighted by molar-refractivity contribution is 0.338. The minimum Gasteiger partial charge on any atom is -0.496 e. The first-order valence-corrected chi connectivity index (χ1v) is 5.46. The van der Waals surface area contributed by atoms with Gasteiger partial charge in [0, 0.05) is 11.6 Å². The second kappa shape index (κ2) is 5.17. The molecular formula is C13H21NO. The Morgan fingerprint density at radius 1 is 1.13 bits per heavy atom. The molecule has 0 amide bonds. The molecule has 1 aromatic rings. The number of hydrogen-bond donors (Lipinski definition) is 1. The average molecular weight is 207 g/mol. The lowest BCUT2D eigenvalue weighted by Crippen LogP contribution is -2.23. The maximum absolute atomic E-state index is 6.24. The molecule has 15 heavy (non-hydrogen) atoms. The van der Waals surface area contributed by atoms with Gasteiger partial charge in [0.1, 0.15) is 5.75 Å². The third kappa shape index (κ3) is 2.72. The average Bonchev–Trinajstić information content (AvgIpc) is 2.26. The third-order valence-corrected chi connectivity index (χ3v) is 3.12. The van der Waals surface area contributed by atoms with Crippen molar-refractivity contribution in [2.75, 3.05) is 7.11 Å². The number of benzene rings is 1. The van der Waals surface area contributed by atoms with E-state index in [9.17, 15) is 0 Å². The number of rotatable bonds is 4. The first-order valence-electron chi connectivity index (χ1n) is 5.46. The molecule has 0 heterocycles. The Morgan fingerprint density at radius 3 is 2.27 bits per heavy atom. The zero-order valence-corrected chi connectivity index (χ0v) is 10.0. The van der Waals surface area contributed by atoms with Crippen molar-refractivity contribution in [1.29, 1.82) is 0 Å². The number of methoxy groups -OCH3 is 1. The predicted octanol–water partition coefficient (Wildman–Crippen LogP) is 2.99. The molecule has 1 rings (SSSR count). The molecule has 0 aliphatic rings. The molecule has 2 nitrogen and oxygen atoms in total. The second-order valence-electron chi connectivity index (χ2n) is 4.37. The van der Waals surface area contributed by atoms with Crippen molar-refractivity contribution in [3.05, 3.63) is 29.8 Å². The molecule has 1 aromatic carbocycles. The van der Waals surface area contributed by atoms with Crippen LogP contribution in [0.2, 0.25) is 0 Å². The van der Waals surface area contributed by atoms with E-state index in [1.165, 1.54) is 0 Å². The van der Waals surface area contributed by atoms with Gasteiger partial charge in [0.2, 0.25) is 0 Å². The number of nitrogens with two attached hydrogens (primary N) is 1. The Hall–Kier alpha value is -1.02. The van der Waals surface area contributed by atoms with Crippen LogP contribution in [0.4, 0.5) is 0 Å². The molecule has 0 aromatic heterocycles. The summed E-state index contributed by atoms with van der Waals surface area (Å²) in [4.78, 5) is 0. The highest BCUT2D eigenvalue weighted by Gasteiger charge is 2.20. The van der Waals surface area contributed by atoms with Gasteiger partial charge in [0.05, 0.1) is 7.11 Å². The first-order chi connectivity index (χ1) is 7.07. The Labute approximate surface area is 92.4 Å². The lowest BCUT2D eigenvalue weighted by atomic mass is 9.86. The largest absolute Gasteiger partial charge is 0.496 e. The predicted molar refractivity (Wildman–Crippen MR) is 63.9 cm³/mol. The molecule has 0 spiro atoms. The maximum atomic E-state index is 6.24. The van der Waals surface area contributed by atoms with Gasteiger partial charge in [-0.2, -0.15) is 0 Å². The van der Waals surface area contributed by atoms with Gasteiger partial charge in [-0.15, -0.1) is 0 Å². The molecule has 84 valence electrons. The summed E-state index contributed by atoms with van der Waals surface area (Å²) in [5, 5.41) is 0. The minimum atomic E-state index is 0.0427. The summed E-state index contributed by atoms with van der Waals surface area (Å²) in [6.07, 6.45) is 0. The Bertz CT molecular complexity index is 309. The number of hydrogen-bond acceptors (Lipinski definition) is 2. The van der Waals surface area contributed by atoms with E-state index in [1.807, 2.05) is 24.3 Å². The molecule has 0 aliphatic carbocycles. The van der Waals surface area contributed by atoms with E-state index >= 15 is 0 Å². The molecule has 0 fully saturated rings. The fraction of sp³-hybridized carbons (Fsp3) is 0.538. The highest BCUT2D eigenvalue weighted by Crippen LogP contribution is 2.31. The number of ether oxygens (including phenoxy) is 1. The molecule has 0 aliphatic heterocycles. The molecule has 0 bridgehead atoms. The summed E-state index contributed by atoms with van der Waals surface area (Å²) in [5.41, 5.74) is 7.33. The van der Waals surface area contributed by atoms with Crippen LogP contribution in [0, 0.1) is 11.8 Å². The molecular weight excluding hydrogens is 186 g/mol. The smallest absolute Gasteiger partial charge is 0.123 e. The van der Waals surface area contributed by atoms with Crippen molar-refractivity contribution in [1.82, 2.24) is 0 Å². The van der Waals surface area contributed by atoms with Gasteiger partial charge in [0.15, 0.2) is 0 Å². The zero-order valence-electron chi connectivity index (χ0n) is 10.0. The summed E-state index contributed by atoms with van der Waals surface area (Å²) < 4.78 is 5.32. The first kappa shape index (κ1) is 12.1. The van der Waals surface area contributed by atoms with Crippen molar-refractivity contribution < 1.29 is 4.74 Å². The minimum absolute atomic E-state index is 0.0427. The summed E-state index contributed by atoms with van der Waals surface area (Å²) in [6, 6.07) is 8.02. The highest BCUT2D eigenvalue weighted by atomic mass is 16.5. The molecule has 2 unspecified atom stereocenters. The van der Waals surface area contributed by atoms with Crippen LogP contribution in [0.3, 0.4) is 0 Å². The standard InChI is InChI=1S/C13H21NO/c1-9(2)10(3)13(14)11-7-5-6-8-12(11)15-4/h5-10,13H,14H2,1-4H3. The van der Waals surface area contributed by atoms with Crippen LogP contribution >= 0.6 is 0 Å². The van der Waals surface area contributed by atoms with E-state index in [1.54, 1.807) is 7.11 Å². The molecule has 0 saturated heterocycles. The topological polar surface area (TPSA) is 35.2 Å². The summed E-state index contributed by atoms with van der Waals surface area (Å²) in [6.45, 7) is 6.57. The van der Waals surface area contributed by atoms with Crippen LogP contribution in [0.25, 0.3) is 0 Å². The van der Waals surface area contributed by atoms with Crippen LogP contribution in [0.5, 0.6) is 5.75 Å². The second-order valence-corrected chi connectivity index (χ2v) is 4.37. The fourth-order valence-electron chi connectivity index (χ4n) is 1.64. The van der Waals surface area contributed by atoms with Gasteiger partial charge in [-0.05, 0) is 17.9 Å². The lowest BCUT2D eigenvalue weighted by Gasteiger charge is -2.25. The van der Waals surface area contributed by atoms with Gasteiger partial charge >= 0.3 is 0 Å². The van der Waals surface area contributed by atoms with Gasteiger partial charge < -0.3 is 10.5 Å². The van der Waals surface area contributed by atoms with Crippen LogP contribution in [-0.4, -0.2) is 7.11 Å². The maximum Gasteiger partial charge on any atom is 0.123 e. The van der Waals surface area contributed by atoms with E-state index in [4.69, 9.17) is 10.5 Å². The molecule has 0 saturated carbocycles. The van der Waals surface area contributed by atoms with E-state index < -0.39 is 0 Å². The third-order valence-electron chi connectivity index (χ3n) is 3.12. The van der Waals surface area contributed by atoms with Gasteiger partial charge in [-0.1, -0.05) is 39.0 Å². The number of para-hydroxylation sites is 1. The van der Waals surface area contributed by atoms with Gasteiger partial charge in [-0.25, -0.2) is 0 Å². The fourth-order valence-corrected chi connectivity index (χ4v) is 1.64. The van der Waals surface area contributed by atoms with E-state index in [-0.39, 0.29) is 6.04 Å². The highest BCUT2D eigenvalue weighted by molar-refractivity contribution is 5.35. The monoisotopic (exact) mass is 207 g/mol. The molecule has 2 heteroatoms. The van der Waals surface area contributed by atoms with Crippen LogP contribution < -0.4 is 10.5 Å².